The Morgan fingerprint density at radius 3 is 2.83 bits per heavy atom. The predicted octanol–water partition coefficient (Wildman–Crippen LogP) is 4.71. The Hall–Kier alpha value is -2.27. The largest absolute Gasteiger partial charge is 0.362 e. The standard InChI is InChI=1S/C18H20N4S/c1-4-8-20-18-21-11-16(23-18)15-7-9-19-17(22-15)14-10-12(2)5-6-13(14)3/h5-7,9-11H,4,8H2,1-3H3,(H,20,21). The molecule has 2 aromatic heterocycles. The first kappa shape index (κ1) is 15.6. The number of hydrogen-bond acceptors (Lipinski definition) is 5. The Morgan fingerprint density at radius 2 is 2.00 bits per heavy atom. The molecule has 0 saturated carbocycles. The summed E-state index contributed by atoms with van der Waals surface area (Å²) in [6.07, 6.45) is 4.77. The van der Waals surface area contributed by atoms with Crippen LogP contribution in [-0.2, 0) is 0 Å². The molecule has 0 bridgehead atoms. The highest BCUT2D eigenvalue weighted by Gasteiger charge is 2.10. The summed E-state index contributed by atoms with van der Waals surface area (Å²) in [7, 11) is 0. The molecule has 1 aromatic carbocycles. The van der Waals surface area contributed by atoms with Gasteiger partial charge in [0.2, 0.25) is 0 Å². The molecule has 4 nitrogen and oxygen atoms in total. The maximum Gasteiger partial charge on any atom is 0.183 e. The molecular formula is C18H20N4S. The van der Waals surface area contributed by atoms with E-state index in [9.17, 15) is 0 Å². The molecule has 0 amide bonds. The van der Waals surface area contributed by atoms with Crippen LogP contribution in [0.25, 0.3) is 22.0 Å². The molecule has 118 valence electrons. The Kier molecular flexibility index (Phi) is 4.67. The topological polar surface area (TPSA) is 50.7 Å². The van der Waals surface area contributed by atoms with Crippen molar-refractivity contribution in [3.8, 4) is 22.0 Å². The highest BCUT2D eigenvalue weighted by atomic mass is 32.1. The molecule has 0 aliphatic carbocycles. The maximum atomic E-state index is 4.74. The van der Waals surface area contributed by atoms with Crippen LogP contribution in [0.1, 0.15) is 24.5 Å². The lowest BCUT2D eigenvalue weighted by Crippen LogP contribution is -1.97. The van der Waals surface area contributed by atoms with E-state index in [4.69, 9.17) is 4.98 Å². The first-order chi connectivity index (χ1) is 11.2. The average Bonchev–Trinajstić information content (AvgIpc) is 3.04. The molecule has 3 rings (SSSR count). The SMILES string of the molecule is CCCNc1ncc(-c2ccnc(-c3cc(C)ccc3C)n2)s1. The molecule has 0 unspecified atom stereocenters. The van der Waals surface area contributed by atoms with Gasteiger partial charge in [0.25, 0.3) is 0 Å². The van der Waals surface area contributed by atoms with E-state index < -0.39 is 0 Å². The molecular weight excluding hydrogens is 304 g/mol. The quantitative estimate of drug-likeness (QED) is 0.738. The normalized spacial score (nSPS) is 10.7. The predicted molar refractivity (Wildman–Crippen MR) is 96.8 cm³/mol. The van der Waals surface area contributed by atoms with Crippen molar-refractivity contribution in [2.45, 2.75) is 27.2 Å². The molecule has 23 heavy (non-hydrogen) atoms. The summed E-state index contributed by atoms with van der Waals surface area (Å²) in [6.45, 7) is 7.25. The van der Waals surface area contributed by atoms with Crippen molar-refractivity contribution >= 4 is 16.5 Å². The van der Waals surface area contributed by atoms with Crippen LogP contribution in [0.2, 0.25) is 0 Å². The lowest BCUT2D eigenvalue weighted by Gasteiger charge is -2.06. The Labute approximate surface area is 140 Å². The van der Waals surface area contributed by atoms with Crippen molar-refractivity contribution < 1.29 is 0 Å². The van der Waals surface area contributed by atoms with Crippen LogP contribution in [0.3, 0.4) is 0 Å². The minimum atomic E-state index is 0.764. The lowest BCUT2D eigenvalue weighted by molar-refractivity contribution is 0.976. The van der Waals surface area contributed by atoms with Crippen LogP contribution in [0, 0.1) is 13.8 Å². The minimum absolute atomic E-state index is 0.764. The molecule has 2 heterocycles. The van der Waals surface area contributed by atoms with E-state index in [0.29, 0.717) is 0 Å². The van der Waals surface area contributed by atoms with Crippen molar-refractivity contribution in [2.75, 3.05) is 11.9 Å². The third kappa shape index (κ3) is 3.56. The van der Waals surface area contributed by atoms with Gasteiger partial charge in [-0.15, -0.1) is 0 Å². The van der Waals surface area contributed by atoms with Gasteiger partial charge >= 0.3 is 0 Å². The zero-order valence-electron chi connectivity index (χ0n) is 13.6. The number of nitrogens with one attached hydrogen (secondary N) is 1. The maximum absolute atomic E-state index is 4.74. The number of thiazole rings is 1. The third-order valence-electron chi connectivity index (χ3n) is 3.57. The zero-order valence-corrected chi connectivity index (χ0v) is 14.4. The highest BCUT2D eigenvalue weighted by molar-refractivity contribution is 7.18. The van der Waals surface area contributed by atoms with Crippen LogP contribution >= 0.6 is 11.3 Å². The molecule has 0 aliphatic rings. The summed E-state index contributed by atoms with van der Waals surface area (Å²) in [5, 5.41) is 4.25. The number of hydrogen-bond donors (Lipinski definition) is 1. The van der Waals surface area contributed by atoms with Gasteiger partial charge in [0.15, 0.2) is 11.0 Å². The zero-order chi connectivity index (χ0) is 16.2. The van der Waals surface area contributed by atoms with Gasteiger partial charge < -0.3 is 5.32 Å². The number of anilines is 1. The van der Waals surface area contributed by atoms with Gasteiger partial charge in [0.05, 0.1) is 10.6 Å². The Bertz CT molecular complexity index is 810. The second-order valence-corrected chi connectivity index (χ2v) is 6.57. The molecule has 0 saturated heterocycles. The number of rotatable bonds is 5. The van der Waals surface area contributed by atoms with E-state index in [2.05, 4.69) is 54.3 Å². The second-order valence-electron chi connectivity index (χ2n) is 5.54. The summed E-state index contributed by atoms with van der Waals surface area (Å²) >= 11 is 1.62. The molecule has 0 fully saturated rings. The summed E-state index contributed by atoms with van der Waals surface area (Å²) < 4.78 is 0. The molecule has 3 aromatic rings. The van der Waals surface area contributed by atoms with E-state index in [-0.39, 0.29) is 0 Å². The van der Waals surface area contributed by atoms with Gasteiger partial charge in [-0.25, -0.2) is 15.0 Å². The molecule has 5 heteroatoms. The lowest BCUT2D eigenvalue weighted by atomic mass is 10.1. The molecule has 0 atom stereocenters. The Balaban J connectivity index is 1.93. The highest BCUT2D eigenvalue weighted by Crippen LogP contribution is 2.29. The van der Waals surface area contributed by atoms with Crippen molar-refractivity contribution in [1.82, 2.24) is 15.0 Å². The second kappa shape index (κ2) is 6.87. The van der Waals surface area contributed by atoms with Gasteiger partial charge in [-0.1, -0.05) is 36.0 Å². The summed E-state index contributed by atoms with van der Waals surface area (Å²) in [6, 6.07) is 8.29. The van der Waals surface area contributed by atoms with Gasteiger partial charge in [-0.2, -0.15) is 0 Å². The molecule has 0 spiro atoms. The fraction of sp³-hybridized carbons (Fsp3) is 0.278. The fourth-order valence-electron chi connectivity index (χ4n) is 2.31. The van der Waals surface area contributed by atoms with Crippen molar-refractivity contribution in [3.05, 3.63) is 47.8 Å². The van der Waals surface area contributed by atoms with Gasteiger partial charge in [0, 0.05) is 24.5 Å². The van der Waals surface area contributed by atoms with E-state index >= 15 is 0 Å². The van der Waals surface area contributed by atoms with Crippen molar-refractivity contribution in [3.63, 3.8) is 0 Å². The van der Waals surface area contributed by atoms with Crippen molar-refractivity contribution in [1.29, 1.82) is 0 Å². The van der Waals surface area contributed by atoms with Gasteiger partial charge in [0.1, 0.15) is 0 Å². The van der Waals surface area contributed by atoms with E-state index in [1.165, 1.54) is 11.1 Å². The summed E-state index contributed by atoms with van der Waals surface area (Å²) in [5.74, 6) is 0.764. The third-order valence-corrected chi connectivity index (χ3v) is 4.55. The van der Waals surface area contributed by atoms with Gasteiger partial charge in [-0.05, 0) is 38.0 Å². The Morgan fingerprint density at radius 1 is 1.13 bits per heavy atom. The van der Waals surface area contributed by atoms with E-state index in [1.54, 1.807) is 11.3 Å². The first-order valence-corrected chi connectivity index (χ1v) is 8.59. The average molecular weight is 324 g/mol. The summed E-state index contributed by atoms with van der Waals surface area (Å²) in [5.41, 5.74) is 4.39. The summed E-state index contributed by atoms with van der Waals surface area (Å²) in [4.78, 5) is 14.7. The smallest absolute Gasteiger partial charge is 0.183 e. The molecule has 0 aliphatic heterocycles. The minimum Gasteiger partial charge on any atom is -0.362 e. The number of benzene rings is 1. The van der Waals surface area contributed by atoms with Gasteiger partial charge in [-0.3, -0.25) is 0 Å². The number of nitrogens with zero attached hydrogens (tertiary/aromatic N) is 3. The van der Waals surface area contributed by atoms with Crippen molar-refractivity contribution in [2.24, 2.45) is 0 Å². The van der Waals surface area contributed by atoms with E-state index in [0.717, 1.165) is 40.1 Å². The molecule has 0 radical (unpaired) electrons. The van der Waals surface area contributed by atoms with Crippen LogP contribution < -0.4 is 5.32 Å². The van der Waals surface area contributed by atoms with Crippen LogP contribution in [0.5, 0.6) is 0 Å². The monoisotopic (exact) mass is 324 g/mol. The van der Waals surface area contributed by atoms with Crippen LogP contribution in [0.15, 0.2) is 36.7 Å². The molecule has 1 N–H and O–H groups in total. The van der Waals surface area contributed by atoms with E-state index in [1.807, 2.05) is 18.5 Å². The van der Waals surface area contributed by atoms with Crippen LogP contribution in [0.4, 0.5) is 5.13 Å². The van der Waals surface area contributed by atoms with Crippen LogP contribution in [-0.4, -0.2) is 21.5 Å². The first-order valence-electron chi connectivity index (χ1n) is 7.78. The fourth-order valence-corrected chi connectivity index (χ4v) is 3.12. The number of aryl methyl sites for hydroxylation is 2. The number of aromatic nitrogens is 3.